The normalized spacial score (nSPS) is 11.8. The van der Waals surface area contributed by atoms with Crippen molar-refractivity contribution < 1.29 is 28.6 Å². The van der Waals surface area contributed by atoms with E-state index in [2.05, 4.69) is 10.1 Å². The van der Waals surface area contributed by atoms with Crippen LogP contribution in [-0.4, -0.2) is 43.3 Å². The third kappa shape index (κ3) is 4.85. The molecule has 0 bridgehead atoms. The van der Waals surface area contributed by atoms with E-state index < -0.39 is 30.3 Å². The lowest BCUT2D eigenvalue weighted by atomic mass is 10.2. The van der Waals surface area contributed by atoms with E-state index in [1.54, 1.807) is 13.0 Å². The molecule has 1 unspecified atom stereocenters. The number of rotatable bonds is 7. The summed E-state index contributed by atoms with van der Waals surface area (Å²) in [5.74, 6) is -2.54. The lowest BCUT2D eigenvalue weighted by Crippen LogP contribution is -2.45. The molecule has 0 saturated heterocycles. The fourth-order valence-electron chi connectivity index (χ4n) is 1.44. The molecule has 1 rings (SSSR count). The number of carbonyl (C=O) groups excluding carboxylic acids is 1. The monoisotopic (exact) mass is 285 g/mol. The Kier molecular flexibility index (Phi) is 5.92. The summed E-state index contributed by atoms with van der Waals surface area (Å²) in [6, 6.07) is 3.08. The van der Waals surface area contributed by atoms with E-state index >= 15 is 0 Å². The Balaban J connectivity index is 2.54. The van der Waals surface area contributed by atoms with E-state index in [1.807, 2.05) is 0 Å². The van der Waals surface area contributed by atoms with Crippen LogP contribution >= 0.6 is 0 Å². The summed E-state index contributed by atoms with van der Waals surface area (Å²) < 4.78 is 23.0. The summed E-state index contributed by atoms with van der Waals surface area (Å²) in [7, 11) is 1.32. The molecule has 0 aromatic heterocycles. The van der Waals surface area contributed by atoms with E-state index in [-0.39, 0.29) is 12.4 Å². The molecular formula is C13H16FNO5. The maximum absolute atomic E-state index is 13.4. The minimum Gasteiger partial charge on any atom is -0.481 e. The second-order valence-corrected chi connectivity index (χ2v) is 4.14. The molecule has 20 heavy (non-hydrogen) atoms. The van der Waals surface area contributed by atoms with E-state index in [9.17, 15) is 14.0 Å². The van der Waals surface area contributed by atoms with Crippen LogP contribution < -0.4 is 10.1 Å². The smallest absolute Gasteiger partial charge is 0.328 e. The molecule has 0 aliphatic rings. The summed E-state index contributed by atoms with van der Waals surface area (Å²) in [4.78, 5) is 22.3. The number of aliphatic carboxylic acids is 1. The highest BCUT2D eigenvalue weighted by molar-refractivity contribution is 5.84. The van der Waals surface area contributed by atoms with Crippen LogP contribution in [0.3, 0.4) is 0 Å². The van der Waals surface area contributed by atoms with Gasteiger partial charge in [0.2, 0.25) is 0 Å². The highest BCUT2D eigenvalue weighted by atomic mass is 19.1. The van der Waals surface area contributed by atoms with Gasteiger partial charge in [-0.3, -0.25) is 4.79 Å². The largest absolute Gasteiger partial charge is 0.481 e. The number of amides is 1. The van der Waals surface area contributed by atoms with Crippen molar-refractivity contribution in [3.05, 3.63) is 29.6 Å². The molecular weight excluding hydrogens is 269 g/mol. The third-order valence-corrected chi connectivity index (χ3v) is 2.41. The van der Waals surface area contributed by atoms with Gasteiger partial charge in [0, 0.05) is 7.11 Å². The summed E-state index contributed by atoms with van der Waals surface area (Å²) in [5.41, 5.74) is 0.782. The number of methoxy groups -OCH3 is 1. The highest BCUT2D eigenvalue weighted by Gasteiger charge is 2.20. The van der Waals surface area contributed by atoms with Gasteiger partial charge in [-0.25, -0.2) is 9.18 Å². The van der Waals surface area contributed by atoms with Crippen LogP contribution in [0.2, 0.25) is 0 Å². The van der Waals surface area contributed by atoms with Gasteiger partial charge < -0.3 is 19.9 Å². The van der Waals surface area contributed by atoms with Gasteiger partial charge in [0.25, 0.3) is 5.91 Å². The van der Waals surface area contributed by atoms with Gasteiger partial charge >= 0.3 is 5.97 Å². The number of hydrogen-bond acceptors (Lipinski definition) is 4. The summed E-state index contributed by atoms with van der Waals surface area (Å²) in [5, 5.41) is 11.0. The Morgan fingerprint density at radius 3 is 2.75 bits per heavy atom. The van der Waals surface area contributed by atoms with Crippen molar-refractivity contribution in [1.29, 1.82) is 0 Å². The van der Waals surface area contributed by atoms with Crippen LogP contribution in [0.1, 0.15) is 5.56 Å². The number of nitrogens with one attached hydrogen (secondary N) is 1. The lowest BCUT2D eigenvalue weighted by molar-refractivity contribution is -0.143. The Morgan fingerprint density at radius 2 is 2.15 bits per heavy atom. The van der Waals surface area contributed by atoms with E-state index in [0.717, 1.165) is 5.56 Å². The van der Waals surface area contributed by atoms with Crippen LogP contribution in [0.15, 0.2) is 18.2 Å². The molecule has 6 nitrogen and oxygen atoms in total. The molecule has 0 saturated carbocycles. The highest BCUT2D eigenvalue weighted by Crippen LogP contribution is 2.17. The zero-order chi connectivity index (χ0) is 15.1. The first-order valence-corrected chi connectivity index (χ1v) is 5.84. The average Bonchev–Trinajstić information content (AvgIpc) is 2.39. The molecule has 0 fully saturated rings. The summed E-state index contributed by atoms with van der Waals surface area (Å²) in [6.07, 6.45) is 0. The van der Waals surface area contributed by atoms with Crippen molar-refractivity contribution >= 4 is 11.9 Å². The Bertz CT molecular complexity index is 492. The van der Waals surface area contributed by atoms with Crippen molar-refractivity contribution in [3.8, 4) is 5.75 Å². The first-order valence-electron chi connectivity index (χ1n) is 5.84. The van der Waals surface area contributed by atoms with Gasteiger partial charge in [-0.1, -0.05) is 6.07 Å². The van der Waals surface area contributed by atoms with E-state index in [1.165, 1.54) is 19.2 Å². The van der Waals surface area contributed by atoms with Gasteiger partial charge in [-0.2, -0.15) is 0 Å². The maximum Gasteiger partial charge on any atom is 0.328 e. The van der Waals surface area contributed by atoms with Crippen molar-refractivity contribution in [2.45, 2.75) is 13.0 Å². The fourth-order valence-corrected chi connectivity index (χ4v) is 1.44. The topological polar surface area (TPSA) is 84.9 Å². The SMILES string of the molecule is COCC(NC(=O)COc1cc(C)ccc1F)C(=O)O. The number of hydrogen-bond donors (Lipinski definition) is 2. The number of carboxylic acids is 1. The van der Waals surface area contributed by atoms with E-state index in [4.69, 9.17) is 9.84 Å². The molecule has 0 heterocycles. The van der Waals surface area contributed by atoms with E-state index in [0.29, 0.717) is 0 Å². The van der Waals surface area contributed by atoms with Gasteiger partial charge in [0.1, 0.15) is 0 Å². The van der Waals surface area contributed by atoms with Gasteiger partial charge in [-0.05, 0) is 24.6 Å². The average molecular weight is 285 g/mol. The quantitative estimate of drug-likeness (QED) is 0.771. The molecule has 0 aliphatic carbocycles. The fraction of sp³-hybridized carbons (Fsp3) is 0.385. The van der Waals surface area contributed by atoms with Crippen LogP contribution in [0.25, 0.3) is 0 Å². The Morgan fingerprint density at radius 1 is 1.45 bits per heavy atom. The van der Waals surface area contributed by atoms with Crippen LogP contribution in [0, 0.1) is 12.7 Å². The third-order valence-electron chi connectivity index (χ3n) is 2.41. The predicted molar refractivity (Wildman–Crippen MR) is 68.1 cm³/mol. The molecule has 1 aromatic carbocycles. The minimum atomic E-state index is -1.22. The van der Waals surface area contributed by atoms with Crippen molar-refractivity contribution in [1.82, 2.24) is 5.32 Å². The standard InChI is InChI=1S/C13H16FNO5/c1-8-3-4-9(14)11(5-8)20-7-12(16)15-10(6-19-2)13(17)18/h3-5,10H,6-7H2,1-2H3,(H,15,16)(H,17,18). The molecule has 0 radical (unpaired) electrons. The Hall–Kier alpha value is -2.15. The number of aryl methyl sites for hydroxylation is 1. The number of halogens is 1. The summed E-state index contributed by atoms with van der Waals surface area (Å²) >= 11 is 0. The molecule has 1 amide bonds. The molecule has 1 aromatic rings. The number of ether oxygens (including phenoxy) is 2. The second kappa shape index (κ2) is 7.44. The zero-order valence-electron chi connectivity index (χ0n) is 11.2. The van der Waals surface area contributed by atoms with Crippen molar-refractivity contribution in [2.75, 3.05) is 20.3 Å². The number of carbonyl (C=O) groups is 2. The maximum atomic E-state index is 13.4. The first-order chi connectivity index (χ1) is 9.43. The number of carboxylic acid groups (broad SMARTS) is 1. The van der Waals surface area contributed by atoms with Crippen molar-refractivity contribution in [3.63, 3.8) is 0 Å². The second-order valence-electron chi connectivity index (χ2n) is 4.14. The molecule has 0 spiro atoms. The van der Waals surface area contributed by atoms with Gasteiger partial charge in [-0.15, -0.1) is 0 Å². The molecule has 1 atom stereocenters. The van der Waals surface area contributed by atoms with Crippen molar-refractivity contribution in [2.24, 2.45) is 0 Å². The summed E-state index contributed by atoms with van der Waals surface area (Å²) in [6.45, 7) is 1.11. The molecule has 7 heteroatoms. The predicted octanol–water partition coefficient (Wildman–Crippen LogP) is 0.729. The molecule has 2 N–H and O–H groups in total. The minimum absolute atomic E-state index is 0.0567. The molecule has 0 aliphatic heterocycles. The zero-order valence-corrected chi connectivity index (χ0v) is 11.2. The van der Waals surface area contributed by atoms with Gasteiger partial charge in [0.15, 0.2) is 24.2 Å². The van der Waals surface area contributed by atoms with Crippen LogP contribution in [0.4, 0.5) is 4.39 Å². The van der Waals surface area contributed by atoms with Gasteiger partial charge in [0.05, 0.1) is 6.61 Å². The molecule has 110 valence electrons. The lowest BCUT2D eigenvalue weighted by Gasteiger charge is -2.14. The van der Waals surface area contributed by atoms with Crippen LogP contribution in [0.5, 0.6) is 5.75 Å². The first kappa shape index (κ1) is 15.9. The Labute approximate surface area is 115 Å². The van der Waals surface area contributed by atoms with Crippen LogP contribution in [-0.2, 0) is 14.3 Å². The number of benzene rings is 1.